The monoisotopic (exact) mass is 370 g/mol. The largest absolute Gasteiger partial charge is 0.316 e. The van der Waals surface area contributed by atoms with Gasteiger partial charge in [-0.3, -0.25) is 4.79 Å². The molecule has 0 atom stereocenters. The lowest BCUT2D eigenvalue weighted by molar-refractivity contribution is -0.113. The molecule has 0 saturated carbocycles. The minimum atomic E-state index is -0.143. The van der Waals surface area contributed by atoms with E-state index in [0.717, 1.165) is 14.4 Å². The Balaban J connectivity index is 1.80. The van der Waals surface area contributed by atoms with Crippen LogP contribution in [0.5, 0.6) is 0 Å². The molecular formula is C13H14N4OS4. The van der Waals surface area contributed by atoms with Gasteiger partial charge in [-0.15, -0.1) is 21.5 Å². The second-order valence-electron chi connectivity index (χ2n) is 4.65. The number of thiophene rings is 1. The Labute approximate surface area is 145 Å². The van der Waals surface area contributed by atoms with Gasteiger partial charge in [-0.1, -0.05) is 48.7 Å². The molecule has 0 spiro atoms. The van der Waals surface area contributed by atoms with Crippen LogP contribution >= 0.6 is 46.2 Å². The minimum Gasteiger partial charge on any atom is -0.316 e. The van der Waals surface area contributed by atoms with Gasteiger partial charge in [-0.2, -0.15) is 5.26 Å². The molecule has 2 rings (SSSR count). The van der Waals surface area contributed by atoms with Crippen molar-refractivity contribution in [3.8, 4) is 6.07 Å². The highest BCUT2D eigenvalue weighted by Crippen LogP contribution is 2.30. The van der Waals surface area contributed by atoms with E-state index in [9.17, 15) is 4.79 Å². The van der Waals surface area contributed by atoms with E-state index in [1.165, 1.54) is 34.4 Å². The van der Waals surface area contributed by atoms with Crippen molar-refractivity contribution in [1.29, 1.82) is 5.26 Å². The zero-order chi connectivity index (χ0) is 15.9. The first-order valence-electron chi connectivity index (χ1n) is 6.45. The Hall–Kier alpha value is -1.08. The van der Waals surface area contributed by atoms with Crippen molar-refractivity contribution in [3.05, 3.63) is 17.0 Å². The quantitative estimate of drug-likeness (QED) is 0.744. The zero-order valence-corrected chi connectivity index (χ0v) is 15.3. The van der Waals surface area contributed by atoms with Crippen LogP contribution in [0.25, 0.3) is 0 Å². The fourth-order valence-electron chi connectivity index (χ4n) is 1.34. The first-order valence-corrected chi connectivity index (χ1v) is 10.1. The van der Waals surface area contributed by atoms with E-state index in [4.69, 9.17) is 5.26 Å². The molecule has 0 fully saturated rings. The van der Waals surface area contributed by atoms with Crippen molar-refractivity contribution in [3.63, 3.8) is 0 Å². The van der Waals surface area contributed by atoms with Gasteiger partial charge in [-0.25, -0.2) is 0 Å². The summed E-state index contributed by atoms with van der Waals surface area (Å²) in [5.41, 5.74) is 0.492. The number of nitriles is 1. The van der Waals surface area contributed by atoms with Gasteiger partial charge in [0.2, 0.25) is 5.91 Å². The normalized spacial score (nSPS) is 10.6. The van der Waals surface area contributed by atoms with E-state index in [2.05, 4.69) is 29.4 Å². The molecule has 9 heteroatoms. The number of aromatic nitrogens is 2. The third-order valence-corrected chi connectivity index (χ3v) is 6.74. The Morgan fingerprint density at radius 1 is 1.41 bits per heavy atom. The van der Waals surface area contributed by atoms with Gasteiger partial charge in [0.05, 0.1) is 11.3 Å². The number of thioether (sulfide) groups is 2. The molecule has 2 aromatic heterocycles. The average Bonchev–Trinajstić information content (AvgIpc) is 3.11. The molecule has 116 valence electrons. The summed E-state index contributed by atoms with van der Waals surface area (Å²) in [4.78, 5) is 11.9. The lowest BCUT2D eigenvalue weighted by Gasteiger charge is -2.01. The number of carbonyl (C=O) groups excluding carboxylic acids is 1. The smallest absolute Gasteiger partial charge is 0.235 e. The van der Waals surface area contributed by atoms with Crippen molar-refractivity contribution < 1.29 is 4.79 Å². The summed E-state index contributed by atoms with van der Waals surface area (Å²) in [6.07, 6.45) is 0. The van der Waals surface area contributed by atoms with Gasteiger partial charge in [0, 0.05) is 5.75 Å². The third kappa shape index (κ3) is 5.28. The first kappa shape index (κ1) is 17.3. The fraction of sp³-hybridized carbons (Fsp3) is 0.385. The van der Waals surface area contributed by atoms with E-state index < -0.39 is 0 Å². The predicted molar refractivity (Wildman–Crippen MR) is 93.9 cm³/mol. The number of hydrogen-bond donors (Lipinski definition) is 1. The number of nitrogens with one attached hydrogen (secondary N) is 1. The summed E-state index contributed by atoms with van der Waals surface area (Å²) in [7, 11) is 0. The van der Waals surface area contributed by atoms with Crippen molar-refractivity contribution in [2.24, 2.45) is 5.92 Å². The Morgan fingerprint density at radius 3 is 2.82 bits per heavy atom. The highest BCUT2D eigenvalue weighted by molar-refractivity contribution is 8.03. The molecule has 0 unspecified atom stereocenters. The van der Waals surface area contributed by atoms with Crippen LogP contribution in [0.1, 0.15) is 19.4 Å². The predicted octanol–water partition coefficient (Wildman–Crippen LogP) is 3.95. The highest BCUT2D eigenvalue weighted by atomic mass is 32.2. The second kappa shape index (κ2) is 8.53. The number of anilines is 1. The van der Waals surface area contributed by atoms with E-state index >= 15 is 0 Å². The van der Waals surface area contributed by atoms with Gasteiger partial charge in [-0.05, 0) is 17.4 Å². The van der Waals surface area contributed by atoms with Crippen LogP contribution in [-0.2, 0) is 4.79 Å². The topological polar surface area (TPSA) is 78.7 Å². The third-order valence-electron chi connectivity index (χ3n) is 2.29. The molecule has 0 aliphatic carbocycles. The molecule has 1 amide bonds. The molecule has 1 N–H and O–H groups in total. The maximum Gasteiger partial charge on any atom is 0.235 e. The summed E-state index contributed by atoms with van der Waals surface area (Å²) in [6.45, 7) is 4.32. The number of carbonyl (C=O) groups is 1. The Kier molecular flexibility index (Phi) is 6.70. The van der Waals surface area contributed by atoms with Gasteiger partial charge in [0.15, 0.2) is 8.68 Å². The summed E-state index contributed by atoms with van der Waals surface area (Å²) < 4.78 is 1.72. The lowest BCUT2D eigenvalue weighted by atomic mass is 10.3. The minimum absolute atomic E-state index is 0.143. The summed E-state index contributed by atoms with van der Waals surface area (Å²) in [5, 5.41) is 22.2. The van der Waals surface area contributed by atoms with Crippen molar-refractivity contribution in [2.45, 2.75) is 22.5 Å². The standard InChI is InChI=1S/C13H14N4OS4/c1-8(2)6-20-12-16-17-13(22-12)21-7-10(18)15-11-9(5-14)3-4-19-11/h3-4,8H,6-7H2,1-2H3,(H,15,18). The van der Waals surface area contributed by atoms with E-state index in [-0.39, 0.29) is 11.7 Å². The second-order valence-corrected chi connectivity index (χ2v) is 9.03. The van der Waals surface area contributed by atoms with Crippen LogP contribution in [0, 0.1) is 17.2 Å². The molecule has 5 nitrogen and oxygen atoms in total. The molecule has 0 saturated heterocycles. The summed E-state index contributed by atoms with van der Waals surface area (Å²) in [6, 6.07) is 3.74. The maximum absolute atomic E-state index is 11.9. The molecule has 2 heterocycles. The van der Waals surface area contributed by atoms with Crippen LogP contribution in [0.2, 0.25) is 0 Å². The maximum atomic E-state index is 11.9. The number of nitrogens with zero attached hydrogens (tertiary/aromatic N) is 3. The summed E-state index contributed by atoms with van der Waals surface area (Å²) in [5.74, 6) is 1.73. The van der Waals surface area contributed by atoms with Crippen LogP contribution < -0.4 is 5.32 Å². The number of hydrogen-bond acceptors (Lipinski definition) is 8. The van der Waals surface area contributed by atoms with Crippen molar-refractivity contribution in [1.82, 2.24) is 10.2 Å². The molecule has 0 aliphatic heterocycles. The van der Waals surface area contributed by atoms with E-state index in [1.807, 2.05) is 6.07 Å². The van der Waals surface area contributed by atoms with E-state index in [0.29, 0.717) is 16.5 Å². The number of rotatable bonds is 7. The molecule has 0 radical (unpaired) electrons. The van der Waals surface area contributed by atoms with Crippen LogP contribution in [0.3, 0.4) is 0 Å². The van der Waals surface area contributed by atoms with Crippen molar-refractivity contribution in [2.75, 3.05) is 16.8 Å². The SMILES string of the molecule is CC(C)CSc1nnc(SCC(=O)Nc2sccc2C#N)s1. The van der Waals surface area contributed by atoms with Gasteiger partial charge < -0.3 is 5.32 Å². The zero-order valence-electron chi connectivity index (χ0n) is 12.0. The Bertz CT molecular complexity index is 674. The summed E-state index contributed by atoms with van der Waals surface area (Å²) >= 11 is 5.90. The first-order chi connectivity index (χ1) is 10.6. The molecule has 2 aromatic rings. The van der Waals surface area contributed by atoms with Gasteiger partial charge in [0.25, 0.3) is 0 Å². The molecule has 0 aromatic carbocycles. The Morgan fingerprint density at radius 2 is 2.14 bits per heavy atom. The van der Waals surface area contributed by atoms with Crippen LogP contribution in [0.4, 0.5) is 5.00 Å². The van der Waals surface area contributed by atoms with E-state index in [1.54, 1.807) is 23.2 Å². The molecule has 0 aliphatic rings. The number of amides is 1. The van der Waals surface area contributed by atoms with Gasteiger partial charge in [0.1, 0.15) is 11.1 Å². The average molecular weight is 371 g/mol. The highest BCUT2D eigenvalue weighted by Gasteiger charge is 2.11. The molecule has 22 heavy (non-hydrogen) atoms. The van der Waals surface area contributed by atoms with Crippen LogP contribution in [-0.4, -0.2) is 27.6 Å². The van der Waals surface area contributed by atoms with Crippen molar-refractivity contribution >= 4 is 57.1 Å². The fourth-order valence-corrected chi connectivity index (χ4v) is 4.89. The lowest BCUT2D eigenvalue weighted by Crippen LogP contribution is -2.13. The molecular weight excluding hydrogens is 356 g/mol. The molecule has 0 bridgehead atoms. The van der Waals surface area contributed by atoms with Gasteiger partial charge >= 0.3 is 0 Å². The van der Waals surface area contributed by atoms with Crippen LogP contribution in [0.15, 0.2) is 20.1 Å².